The van der Waals surface area contributed by atoms with E-state index in [0.717, 1.165) is 6.42 Å². The van der Waals surface area contributed by atoms with Crippen LogP contribution >= 0.6 is 0 Å². The predicted octanol–water partition coefficient (Wildman–Crippen LogP) is 0.686. The van der Waals surface area contributed by atoms with Crippen LogP contribution in [-0.4, -0.2) is 22.8 Å². The largest absolute Gasteiger partial charge is 0.509 e. The molecule has 13 heavy (non-hydrogen) atoms. The van der Waals surface area contributed by atoms with E-state index in [1.54, 1.807) is 0 Å². The van der Waals surface area contributed by atoms with Crippen molar-refractivity contribution in [2.45, 2.75) is 32.7 Å². The van der Waals surface area contributed by atoms with Crippen LogP contribution in [0.3, 0.4) is 0 Å². The van der Waals surface area contributed by atoms with Crippen molar-refractivity contribution in [3.63, 3.8) is 0 Å². The summed E-state index contributed by atoms with van der Waals surface area (Å²) in [5.41, 5.74) is -0.0848. The summed E-state index contributed by atoms with van der Waals surface area (Å²) < 4.78 is 0. The Hall–Kier alpha value is -1.32. The Kier molecular flexibility index (Phi) is 2.70. The van der Waals surface area contributed by atoms with E-state index in [9.17, 15) is 14.7 Å². The number of aliphatic hydroxyl groups excluding tert-OH is 1. The van der Waals surface area contributed by atoms with Gasteiger partial charge in [-0.3, -0.25) is 9.59 Å². The second-order valence-corrected chi connectivity index (χ2v) is 3.13. The number of Topliss-reactive ketones (excluding diaryl/α,β-unsaturated/α-hetero) is 1. The van der Waals surface area contributed by atoms with Crippen molar-refractivity contribution in [2.75, 3.05) is 0 Å². The lowest BCUT2D eigenvalue weighted by Gasteiger charge is -2.07. The average molecular weight is 183 g/mol. The van der Waals surface area contributed by atoms with E-state index in [1.807, 2.05) is 6.92 Å². The Bertz CT molecular complexity index is 281. The second kappa shape index (κ2) is 3.60. The lowest BCUT2D eigenvalue weighted by molar-refractivity contribution is -0.121. The van der Waals surface area contributed by atoms with E-state index in [4.69, 9.17) is 0 Å². The number of nitrogens with one attached hydrogen (secondary N) is 1. The van der Waals surface area contributed by atoms with Crippen LogP contribution in [0.1, 0.15) is 26.7 Å². The molecule has 0 fully saturated rings. The molecular weight excluding hydrogens is 170 g/mol. The Morgan fingerprint density at radius 1 is 1.62 bits per heavy atom. The van der Waals surface area contributed by atoms with E-state index in [-0.39, 0.29) is 23.2 Å². The Morgan fingerprint density at radius 3 is 2.62 bits per heavy atom. The molecule has 0 saturated heterocycles. The summed E-state index contributed by atoms with van der Waals surface area (Å²) in [5, 5.41) is 12.0. The van der Waals surface area contributed by atoms with E-state index in [2.05, 4.69) is 5.32 Å². The van der Waals surface area contributed by atoms with Gasteiger partial charge in [0.1, 0.15) is 11.3 Å². The molecule has 1 amide bonds. The van der Waals surface area contributed by atoms with Crippen LogP contribution in [0.2, 0.25) is 0 Å². The minimum Gasteiger partial charge on any atom is -0.509 e. The third-order valence-electron chi connectivity index (χ3n) is 2.05. The van der Waals surface area contributed by atoms with Crippen molar-refractivity contribution >= 4 is 11.7 Å². The monoisotopic (exact) mass is 183 g/mol. The van der Waals surface area contributed by atoms with E-state index < -0.39 is 5.91 Å². The van der Waals surface area contributed by atoms with Gasteiger partial charge in [-0.25, -0.2) is 0 Å². The molecule has 0 radical (unpaired) electrons. The summed E-state index contributed by atoms with van der Waals surface area (Å²) >= 11 is 0. The molecule has 0 spiro atoms. The molecule has 0 bridgehead atoms. The average Bonchev–Trinajstić information content (AvgIpc) is 2.28. The third kappa shape index (κ3) is 1.71. The van der Waals surface area contributed by atoms with Gasteiger partial charge in [-0.15, -0.1) is 0 Å². The second-order valence-electron chi connectivity index (χ2n) is 3.13. The number of carbonyl (C=O) groups is 2. The van der Waals surface area contributed by atoms with Crippen molar-refractivity contribution < 1.29 is 14.7 Å². The molecule has 72 valence electrons. The highest BCUT2D eigenvalue weighted by molar-refractivity contribution is 6.20. The van der Waals surface area contributed by atoms with E-state index >= 15 is 0 Å². The summed E-state index contributed by atoms with van der Waals surface area (Å²) in [6, 6.07) is -0.364. The zero-order valence-corrected chi connectivity index (χ0v) is 7.76. The fourth-order valence-electron chi connectivity index (χ4n) is 1.43. The van der Waals surface area contributed by atoms with Gasteiger partial charge in [0.25, 0.3) is 5.91 Å². The molecular formula is C9H13NO3. The van der Waals surface area contributed by atoms with Gasteiger partial charge in [0.2, 0.25) is 0 Å². The van der Waals surface area contributed by atoms with Crippen LogP contribution in [0.25, 0.3) is 0 Å². The molecule has 1 aliphatic heterocycles. The first kappa shape index (κ1) is 9.77. The van der Waals surface area contributed by atoms with Gasteiger partial charge < -0.3 is 10.4 Å². The number of carbonyl (C=O) groups excluding carboxylic acids is 2. The number of hydrogen-bond donors (Lipinski definition) is 2. The van der Waals surface area contributed by atoms with Gasteiger partial charge >= 0.3 is 0 Å². The van der Waals surface area contributed by atoms with Crippen molar-refractivity contribution in [1.29, 1.82) is 0 Å². The van der Waals surface area contributed by atoms with E-state index in [0.29, 0.717) is 6.42 Å². The van der Waals surface area contributed by atoms with Crippen LogP contribution in [-0.2, 0) is 9.59 Å². The van der Waals surface area contributed by atoms with Gasteiger partial charge in [-0.2, -0.15) is 0 Å². The van der Waals surface area contributed by atoms with Crippen molar-refractivity contribution in [1.82, 2.24) is 5.32 Å². The topological polar surface area (TPSA) is 66.4 Å². The maximum atomic E-state index is 11.2. The standard InChI is InChI=1S/C9H13NO3/c1-3-4-6-8(12)7(5(2)11)9(13)10-6/h6,12H,3-4H2,1-2H3,(H,10,13). The minimum atomic E-state index is -0.455. The first-order valence-corrected chi connectivity index (χ1v) is 4.32. The van der Waals surface area contributed by atoms with Gasteiger partial charge in [0, 0.05) is 0 Å². The summed E-state index contributed by atoms with van der Waals surface area (Å²) in [4.78, 5) is 22.1. The number of ketones is 1. The molecule has 0 aromatic heterocycles. The van der Waals surface area contributed by atoms with Crippen molar-refractivity contribution in [2.24, 2.45) is 0 Å². The van der Waals surface area contributed by atoms with Gasteiger partial charge in [-0.05, 0) is 13.3 Å². The third-order valence-corrected chi connectivity index (χ3v) is 2.05. The number of amides is 1. The molecule has 4 heteroatoms. The highest BCUT2D eigenvalue weighted by Gasteiger charge is 2.33. The summed E-state index contributed by atoms with van der Waals surface area (Å²) in [6.07, 6.45) is 1.51. The molecule has 0 aliphatic carbocycles. The van der Waals surface area contributed by atoms with Crippen LogP contribution < -0.4 is 5.32 Å². The lowest BCUT2D eigenvalue weighted by Crippen LogP contribution is -2.29. The molecule has 0 aromatic carbocycles. The van der Waals surface area contributed by atoms with Crippen LogP contribution in [0.4, 0.5) is 0 Å². The first-order chi connectivity index (χ1) is 6.07. The number of aliphatic hydroxyl groups is 1. The van der Waals surface area contributed by atoms with E-state index in [1.165, 1.54) is 6.92 Å². The molecule has 1 unspecified atom stereocenters. The van der Waals surface area contributed by atoms with Crippen LogP contribution in [0.5, 0.6) is 0 Å². The fraction of sp³-hybridized carbons (Fsp3) is 0.556. The first-order valence-electron chi connectivity index (χ1n) is 4.32. The minimum absolute atomic E-state index is 0.0848. The normalized spacial score (nSPS) is 22.0. The zero-order valence-electron chi connectivity index (χ0n) is 7.76. The smallest absolute Gasteiger partial charge is 0.258 e. The molecule has 1 atom stereocenters. The quantitative estimate of drug-likeness (QED) is 0.632. The van der Waals surface area contributed by atoms with Crippen LogP contribution in [0.15, 0.2) is 11.3 Å². The lowest BCUT2D eigenvalue weighted by atomic mass is 10.1. The summed E-state index contributed by atoms with van der Waals surface area (Å²) in [6.45, 7) is 3.23. The Morgan fingerprint density at radius 2 is 2.23 bits per heavy atom. The maximum absolute atomic E-state index is 11.2. The van der Waals surface area contributed by atoms with Crippen molar-refractivity contribution in [3.8, 4) is 0 Å². The van der Waals surface area contributed by atoms with Gasteiger partial charge in [-0.1, -0.05) is 13.3 Å². The molecule has 1 rings (SSSR count). The highest BCUT2D eigenvalue weighted by Crippen LogP contribution is 2.18. The summed E-state index contributed by atoms with van der Waals surface area (Å²) in [5.74, 6) is -0.934. The van der Waals surface area contributed by atoms with Gasteiger partial charge in [0.15, 0.2) is 5.78 Å². The summed E-state index contributed by atoms with van der Waals surface area (Å²) in [7, 11) is 0. The zero-order chi connectivity index (χ0) is 10.0. The molecule has 1 heterocycles. The number of rotatable bonds is 3. The van der Waals surface area contributed by atoms with Crippen molar-refractivity contribution in [3.05, 3.63) is 11.3 Å². The highest BCUT2D eigenvalue weighted by atomic mass is 16.3. The number of hydrogen-bond acceptors (Lipinski definition) is 3. The molecule has 0 aromatic rings. The van der Waals surface area contributed by atoms with Gasteiger partial charge in [0.05, 0.1) is 6.04 Å². The molecule has 2 N–H and O–H groups in total. The SMILES string of the molecule is CCCC1NC(=O)C(C(C)=O)=C1O. The maximum Gasteiger partial charge on any atom is 0.258 e. The van der Waals surface area contributed by atoms with Crippen LogP contribution in [0, 0.1) is 0 Å². The Balaban J connectivity index is 2.90. The molecule has 1 aliphatic rings. The molecule has 4 nitrogen and oxygen atoms in total. The predicted molar refractivity (Wildman–Crippen MR) is 47.2 cm³/mol. The Labute approximate surface area is 76.6 Å². The fourth-order valence-corrected chi connectivity index (χ4v) is 1.43. The molecule has 0 saturated carbocycles.